The molecule has 2 fully saturated rings. The maximum Gasteiger partial charge on any atom is 0.416 e. The molecule has 1 heterocycles. The number of aliphatic hydroxyl groups is 1. The minimum atomic E-state index is -4.39. The first kappa shape index (κ1) is 25.9. The van der Waals surface area contributed by atoms with Gasteiger partial charge >= 0.3 is 6.18 Å². The molecule has 0 aromatic heterocycles. The zero-order chi connectivity index (χ0) is 24.2. The van der Waals surface area contributed by atoms with E-state index in [0.29, 0.717) is 50.6 Å². The summed E-state index contributed by atoms with van der Waals surface area (Å²) in [4.78, 5) is 13.7. The number of sulfonamides is 1. The molecule has 2 atom stereocenters. The minimum Gasteiger partial charge on any atom is -0.387 e. The second-order valence-corrected chi connectivity index (χ2v) is 10.6. The van der Waals surface area contributed by atoms with E-state index in [4.69, 9.17) is 4.74 Å². The summed E-state index contributed by atoms with van der Waals surface area (Å²) in [7, 11) is -3.51. The third kappa shape index (κ3) is 6.91. The van der Waals surface area contributed by atoms with Gasteiger partial charge in [-0.3, -0.25) is 4.79 Å². The van der Waals surface area contributed by atoms with Crippen molar-refractivity contribution in [1.82, 2.24) is 9.62 Å². The highest BCUT2D eigenvalue weighted by atomic mass is 32.2. The Hall–Kier alpha value is -1.69. The summed E-state index contributed by atoms with van der Waals surface area (Å²) in [6.07, 6.45) is -0.155. The Morgan fingerprint density at radius 3 is 2.45 bits per heavy atom. The average molecular weight is 493 g/mol. The van der Waals surface area contributed by atoms with E-state index >= 15 is 0 Å². The highest BCUT2D eigenvalue weighted by molar-refractivity contribution is 7.88. The Balaban J connectivity index is 1.63. The van der Waals surface area contributed by atoms with Gasteiger partial charge in [0.05, 0.1) is 30.6 Å². The van der Waals surface area contributed by atoms with Crippen molar-refractivity contribution in [2.45, 2.75) is 68.8 Å². The lowest BCUT2D eigenvalue weighted by atomic mass is 9.81. The summed E-state index contributed by atoms with van der Waals surface area (Å²) in [6.45, 7) is -0.185. The molecule has 1 aromatic carbocycles. The summed E-state index contributed by atoms with van der Waals surface area (Å²) in [5, 5.41) is 9.31. The lowest BCUT2D eigenvalue weighted by Crippen LogP contribution is -2.59. The van der Waals surface area contributed by atoms with Crippen molar-refractivity contribution in [2.24, 2.45) is 0 Å². The molecule has 1 saturated carbocycles. The third-order valence-electron chi connectivity index (χ3n) is 6.48. The fraction of sp³-hybridized carbons (Fsp3) is 0.682. The molecule has 3 rings (SSSR count). The van der Waals surface area contributed by atoms with Gasteiger partial charge < -0.3 is 14.7 Å². The molecule has 33 heavy (non-hydrogen) atoms. The number of amides is 1. The number of hydrogen-bond donors (Lipinski definition) is 2. The summed E-state index contributed by atoms with van der Waals surface area (Å²) >= 11 is 0. The second-order valence-electron chi connectivity index (χ2n) is 8.84. The van der Waals surface area contributed by atoms with Crippen LogP contribution in [0.15, 0.2) is 24.3 Å². The van der Waals surface area contributed by atoms with Crippen molar-refractivity contribution in [1.29, 1.82) is 0 Å². The SMILES string of the molecule is CS(=O)(=O)N[C@H]1CCCN(C(=O)CO)[C@H]1CO[C@H]1CC[C@@H](c2ccccc2C(F)(F)F)CC1. The summed E-state index contributed by atoms with van der Waals surface area (Å²) < 4.78 is 72.3. The normalized spacial score (nSPS) is 26.9. The highest BCUT2D eigenvalue weighted by Gasteiger charge is 2.38. The van der Waals surface area contributed by atoms with Crippen LogP contribution in [0.3, 0.4) is 0 Å². The van der Waals surface area contributed by atoms with Crippen LogP contribution in [0.25, 0.3) is 0 Å². The van der Waals surface area contributed by atoms with Crippen molar-refractivity contribution in [3.05, 3.63) is 35.4 Å². The molecule has 0 bridgehead atoms. The monoisotopic (exact) mass is 492 g/mol. The molecular weight excluding hydrogens is 461 g/mol. The van der Waals surface area contributed by atoms with Gasteiger partial charge in [0.2, 0.25) is 15.9 Å². The fourth-order valence-electron chi connectivity index (χ4n) is 4.96. The summed E-state index contributed by atoms with van der Waals surface area (Å²) in [5.41, 5.74) is -0.280. The smallest absolute Gasteiger partial charge is 0.387 e. The summed E-state index contributed by atoms with van der Waals surface area (Å²) in [6, 6.07) is 4.58. The zero-order valence-electron chi connectivity index (χ0n) is 18.6. The first-order chi connectivity index (χ1) is 15.5. The van der Waals surface area contributed by atoms with Crippen LogP contribution in [-0.2, 0) is 25.7 Å². The van der Waals surface area contributed by atoms with Crippen molar-refractivity contribution < 1.29 is 36.2 Å². The van der Waals surface area contributed by atoms with Gasteiger partial charge in [-0.15, -0.1) is 0 Å². The van der Waals surface area contributed by atoms with Crippen LogP contribution in [0, 0.1) is 0 Å². The number of likely N-dealkylation sites (tertiary alicyclic amines) is 1. The van der Waals surface area contributed by atoms with E-state index in [-0.39, 0.29) is 18.6 Å². The Morgan fingerprint density at radius 1 is 1.18 bits per heavy atom. The van der Waals surface area contributed by atoms with E-state index in [0.717, 1.165) is 12.3 Å². The second kappa shape index (κ2) is 10.7. The predicted molar refractivity (Wildman–Crippen MR) is 116 cm³/mol. The van der Waals surface area contributed by atoms with Gasteiger partial charge in [0.1, 0.15) is 6.61 Å². The number of carbonyl (C=O) groups is 1. The van der Waals surface area contributed by atoms with Gasteiger partial charge in [-0.2, -0.15) is 13.2 Å². The maximum atomic E-state index is 13.4. The molecule has 1 aromatic rings. The number of aliphatic hydroxyl groups excluding tert-OH is 1. The third-order valence-corrected chi connectivity index (χ3v) is 7.21. The number of nitrogens with one attached hydrogen (secondary N) is 1. The number of benzene rings is 1. The van der Waals surface area contributed by atoms with Crippen LogP contribution in [0.4, 0.5) is 13.2 Å². The fourth-order valence-corrected chi connectivity index (χ4v) is 5.79. The Labute approximate surface area is 192 Å². The molecule has 1 aliphatic carbocycles. The largest absolute Gasteiger partial charge is 0.416 e. The van der Waals surface area contributed by atoms with Crippen molar-refractivity contribution >= 4 is 15.9 Å². The molecule has 186 valence electrons. The number of halogens is 3. The van der Waals surface area contributed by atoms with Crippen molar-refractivity contribution in [3.8, 4) is 0 Å². The molecule has 1 amide bonds. The number of alkyl halides is 3. The van der Waals surface area contributed by atoms with Gasteiger partial charge in [0.15, 0.2) is 0 Å². The molecule has 7 nitrogen and oxygen atoms in total. The first-order valence-corrected chi connectivity index (χ1v) is 13.0. The topological polar surface area (TPSA) is 95.9 Å². The van der Waals surface area contributed by atoms with Gasteiger partial charge in [-0.1, -0.05) is 18.2 Å². The van der Waals surface area contributed by atoms with Gasteiger partial charge in [-0.25, -0.2) is 13.1 Å². The number of piperidine rings is 1. The van der Waals surface area contributed by atoms with Crippen LogP contribution in [0.2, 0.25) is 0 Å². The van der Waals surface area contributed by atoms with E-state index in [1.165, 1.54) is 17.0 Å². The first-order valence-electron chi connectivity index (χ1n) is 11.1. The number of rotatable bonds is 7. The van der Waals surface area contributed by atoms with Gasteiger partial charge in [-0.05, 0) is 56.1 Å². The molecule has 1 saturated heterocycles. The van der Waals surface area contributed by atoms with E-state index < -0.39 is 46.4 Å². The number of hydrogen-bond acceptors (Lipinski definition) is 5. The van der Waals surface area contributed by atoms with E-state index in [1.54, 1.807) is 6.07 Å². The standard InChI is InChI=1S/C22H31F3N2O5S/c1-33(30,31)26-19-7-4-12-27(21(29)13-28)20(19)14-32-16-10-8-15(9-11-16)17-5-2-3-6-18(17)22(23,24)25/h2-3,5-6,15-16,19-20,26,28H,4,7-14H2,1H3/t15-,16+,19-,20-/m0/s1. The molecule has 0 radical (unpaired) electrons. The predicted octanol–water partition coefficient (Wildman–Crippen LogP) is 2.65. The van der Waals surface area contributed by atoms with E-state index in [1.807, 2.05) is 0 Å². The summed E-state index contributed by atoms with van der Waals surface area (Å²) in [5.74, 6) is -0.694. The molecule has 1 aliphatic heterocycles. The quantitative estimate of drug-likeness (QED) is 0.610. The van der Waals surface area contributed by atoms with Gasteiger partial charge in [0.25, 0.3) is 0 Å². The number of ether oxygens (including phenoxy) is 1. The number of carbonyl (C=O) groups excluding carboxylic acids is 1. The Morgan fingerprint density at radius 2 is 1.85 bits per heavy atom. The molecule has 2 aliphatic rings. The minimum absolute atomic E-state index is 0.0907. The van der Waals surface area contributed by atoms with Crippen LogP contribution < -0.4 is 4.72 Å². The van der Waals surface area contributed by atoms with Crippen molar-refractivity contribution in [2.75, 3.05) is 26.0 Å². The van der Waals surface area contributed by atoms with Crippen LogP contribution >= 0.6 is 0 Å². The Bertz CT molecular complexity index is 917. The average Bonchev–Trinajstić information content (AvgIpc) is 2.76. The molecule has 2 N–H and O–H groups in total. The molecular formula is C22H31F3N2O5S. The maximum absolute atomic E-state index is 13.4. The zero-order valence-corrected chi connectivity index (χ0v) is 19.4. The van der Waals surface area contributed by atoms with Crippen LogP contribution in [0.1, 0.15) is 55.6 Å². The van der Waals surface area contributed by atoms with E-state index in [9.17, 15) is 31.5 Å². The van der Waals surface area contributed by atoms with E-state index in [2.05, 4.69) is 4.72 Å². The number of nitrogens with zero attached hydrogens (tertiary/aromatic N) is 1. The molecule has 0 unspecified atom stereocenters. The van der Waals surface area contributed by atoms with Gasteiger partial charge in [0, 0.05) is 12.6 Å². The lowest BCUT2D eigenvalue weighted by molar-refractivity contribution is -0.142. The van der Waals surface area contributed by atoms with Crippen LogP contribution in [-0.4, -0.2) is 68.5 Å². The molecule has 0 spiro atoms. The van der Waals surface area contributed by atoms with Crippen molar-refractivity contribution in [3.63, 3.8) is 0 Å². The molecule has 11 heteroatoms. The Kier molecular flexibility index (Phi) is 8.41. The van der Waals surface area contributed by atoms with Crippen LogP contribution in [0.5, 0.6) is 0 Å². The highest BCUT2D eigenvalue weighted by Crippen LogP contribution is 2.41. The lowest BCUT2D eigenvalue weighted by Gasteiger charge is -2.42.